The van der Waals surface area contributed by atoms with Crippen LogP contribution in [0.15, 0.2) is 18.6 Å². The molecule has 0 saturated carbocycles. The molecule has 0 aromatic carbocycles. The Morgan fingerprint density at radius 2 is 2.17 bits per heavy atom. The van der Waals surface area contributed by atoms with Gasteiger partial charge in [-0.3, -0.25) is 9.97 Å². The Labute approximate surface area is 109 Å². The monoisotopic (exact) mass is 253 g/mol. The van der Waals surface area contributed by atoms with Crippen molar-refractivity contribution in [2.45, 2.75) is 25.8 Å². The summed E-state index contributed by atoms with van der Waals surface area (Å²) in [5.41, 5.74) is 0.973. The van der Waals surface area contributed by atoms with Crippen molar-refractivity contribution < 1.29 is 9.47 Å². The minimum Gasteiger partial charge on any atom is -0.382 e. The summed E-state index contributed by atoms with van der Waals surface area (Å²) in [6, 6.07) is 0.209. The van der Waals surface area contributed by atoms with E-state index in [1.807, 2.05) is 6.20 Å². The van der Waals surface area contributed by atoms with Crippen molar-refractivity contribution in [3.8, 4) is 0 Å². The van der Waals surface area contributed by atoms with E-state index >= 15 is 0 Å². The van der Waals surface area contributed by atoms with Crippen molar-refractivity contribution in [2.24, 2.45) is 0 Å². The smallest absolute Gasteiger partial charge is 0.0756 e. The van der Waals surface area contributed by atoms with Crippen LogP contribution in [0.2, 0.25) is 0 Å². The molecule has 0 aliphatic rings. The lowest BCUT2D eigenvalue weighted by Crippen LogP contribution is -2.24. The lowest BCUT2D eigenvalue weighted by Gasteiger charge is -2.17. The highest BCUT2D eigenvalue weighted by Crippen LogP contribution is 2.12. The molecule has 0 aliphatic carbocycles. The summed E-state index contributed by atoms with van der Waals surface area (Å²) in [6.07, 6.45) is 7.21. The molecule has 1 atom stereocenters. The average molecular weight is 253 g/mol. The maximum atomic E-state index is 5.49. The summed E-state index contributed by atoms with van der Waals surface area (Å²) in [5.74, 6) is 0. The van der Waals surface area contributed by atoms with Gasteiger partial charge in [0, 0.05) is 32.3 Å². The summed E-state index contributed by atoms with van der Waals surface area (Å²) >= 11 is 0. The van der Waals surface area contributed by atoms with E-state index in [2.05, 4.69) is 22.2 Å². The molecule has 0 aliphatic heterocycles. The second-order valence-corrected chi connectivity index (χ2v) is 4.03. The van der Waals surface area contributed by atoms with Gasteiger partial charge in [-0.15, -0.1) is 0 Å². The molecule has 0 bridgehead atoms. The van der Waals surface area contributed by atoms with E-state index in [1.54, 1.807) is 19.5 Å². The Morgan fingerprint density at radius 3 is 2.83 bits per heavy atom. The molecular weight excluding hydrogens is 230 g/mol. The lowest BCUT2D eigenvalue weighted by atomic mass is 10.1. The number of ether oxygens (including phenoxy) is 2. The third-order valence-electron chi connectivity index (χ3n) is 2.56. The minimum atomic E-state index is 0.209. The van der Waals surface area contributed by atoms with Gasteiger partial charge in [0.2, 0.25) is 0 Å². The van der Waals surface area contributed by atoms with Crippen LogP contribution >= 0.6 is 0 Å². The first-order chi connectivity index (χ1) is 8.88. The highest BCUT2D eigenvalue weighted by Gasteiger charge is 2.11. The summed E-state index contributed by atoms with van der Waals surface area (Å²) in [4.78, 5) is 8.45. The molecule has 0 fully saturated rings. The van der Waals surface area contributed by atoms with E-state index in [9.17, 15) is 0 Å². The van der Waals surface area contributed by atoms with Gasteiger partial charge in [0.1, 0.15) is 0 Å². The quantitative estimate of drug-likeness (QED) is 0.641. The molecule has 18 heavy (non-hydrogen) atoms. The van der Waals surface area contributed by atoms with Crippen molar-refractivity contribution >= 4 is 0 Å². The number of rotatable bonds is 10. The zero-order valence-electron chi connectivity index (χ0n) is 11.3. The van der Waals surface area contributed by atoms with Crippen LogP contribution in [0.4, 0.5) is 0 Å². The fourth-order valence-corrected chi connectivity index (χ4v) is 1.61. The molecule has 0 amide bonds. The van der Waals surface area contributed by atoms with E-state index in [1.165, 1.54) is 0 Å². The molecule has 5 nitrogen and oxygen atoms in total. The van der Waals surface area contributed by atoms with E-state index in [0.29, 0.717) is 19.8 Å². The van der Waals surface area contributed by atoms with Crippen molar-refractivity contribution in [3.63, 3.8) is 0 Å². The van der Waals surface area contributed by atoms with E-state index in [-0.39, 0.29) is 6.04 Å². The zero-order valence-corrected chi connectivity index (χ0v) is 11.3. The number of hydrogen-bond acceptors (Lipinski definition) is 5. The highest BCUT2D eigenvalue weighted by atomic mass is 16.5. The van der Waals surface area contributed by atoms with Crippen molar-refractivity contribution in [1.29, 1.82) is 0 Å². The first kappa shape index (κ1) is 15.0. The first-order valence-electron chi connectivity index (χ1n) is 6.44. The highest BCUT2D eigenvalue weighted by molar-refractivity contribution is 5.02. The predicted octanol–water partition coefficient (Wildman–Crippen LogP) is 1.57. The van der Waals surface area contributed by atoms with E-state index < -0.39 is 0 Å². The van der Waals surface area contributed by atoms with Crippen LogP contribution in [-0.2, 0) is 9.47 Å². The number of nitrogens with one attached hydrogen (secondary N) is 1. The molecule has 1 aromatic heterocycles. The van der Waals surface area contributed by atoms with Crippen LogP contribution in [0.1, 0.15) is 31.5 Å². The number of aromatic nitrogens is 2. The normalized spacial score (nSPS) is 12.6. The van der Waals surface area contributed by atoms with Gasteiger partial charge in [-0.25, -0.2) is 0 Å². The van der Waals surface area contributed by atoms with Gasteiger partial charge in [-0.2, -0.15) is 0 Å². The molecule has 1 N–H and O–H groups in total. The maximum absolute atomic E-state index is 5.49. The molecule has 1 heterocycles. The summed E-state index contributed by atoms with van der Waals surface area (Å²) in [7, 11) is 1.68. The Balaban J connectivity index is 2.36. The molecule has 102 valence electrons. The molecule has 0 spiro atoms. The Kier molecular flexibility index (Phi) is 8.29. The van der Waals surface area contributed by atoms with Crippen LogP contribution in [0.3, 0.4) is 0 Å². The Hall–Kier alpha value is -1.04. The third-order valence-corrected chi connectivity index (χ3v) is 2.56. The summed E-state index contributed by atoms with van der Waals surface area (Å²) < 4.78 is 10.4. The van der Waals surface area contributed by atoms with E-state index in [0.717, 1.165) is 25.1 Å². The summed E-state index contributed by atoms with van der Waals surface area (Å²) in [6.45, 7) is 5.09. The first-order valence-corrected chi connectivity index (χ1v) is 6.44. The van der Waals surface area contributed by atoms with Crippen molar-refractivity contribution in [3.05, 3.63) is 24.3 Å². The molecule has 1 rings (SSSR count). The molecule has 1 unspecified atom stereocenters. The van der Waals surface area contributed by atoms with Gasteiger partial charge in [0.05, 0.1) is 24.9 Å². The Bertz CT molecular complexity index is 296. The molecule has 0 radical (unpaired) electrons. The van der Waals surface area contributed by atoms with Crippen LogP contribution < -0.4 is 5.32 Å². The van der Waals surface area contributed by atoms with Gasteiger partial charge in [0.15, 0.2) is 0 Å². The van der Waals surface area contributed by atoms with Crippen LogP contribution in [-0.4, -0.2) is 43.4 Å². The maximum Gasteiger partial charge on any atom is 0.0756 e. The largest absolute Gasteiger partial charge is 0.382 e. The number of hydrogen-bond donors (Lipinski definition) is 1. The predicted molar refractivity (Wildman–Crippen MR) is 70.4 cm³/mol. The lowest BCUT2D eigenvalue weighted by molar-refractivity contribution is 0.0656. The van der Waals surface area contributed by atoms with Gasteiger partial charge in [-0.1, -0.05) is 6.92 Å². The topological polar surface area (TPSA) is 56.3 Å². The van der Waals surface area contributed by atoms with E-state index in [4.69, 9.17) is 9.47 Å². The van der Waals surface area contributed by atoms with Crippen LogP contribution in [0, 0.1) is 0 Å². The average Bonchev–Trinajstić information content (AvgIpc) is 2.43. The van der Waals surface area contributed by atoms with Gasteiger partial charge in [0.25, 0.3) is 0 Å². The molecule has 5 heteroatoms. The number of methoxy groups -OCH3 is 1. The Morgan fingerprint density at radius 1 is 1.28 bits per heavy atom. The fraction of sp³-hybridized carbons (Fsp3) is 0.692. The second-order valence-electron chi connectivity index (χ2n) is 4.03. The fourth-order valence-electron chi connectivity index (χ4n) is 1.61. The second kappa shape index (κ2) is 9.94. The van der Waals surface area contributed by atoms with Crippen LogP contribution in [0.5, 0.6) is 0 Å². The van der Waals surface area contributed by atoms with Crippen molar-refractivity contribution in [2.75, 3.05) is 33.5 Å². The molecular formula is C13H23N3O2. The van der Waals surface area contributed by atoms with Gasteiger partial charge >= 0.3 is 0 Å². The van der Waals surface area contributed by atoms with Crippen molar-refractivity contribution in [1.82, 2.24) is 15.3 Å². The SMILES string of the molecule is CCCNC(CCOCCOC)c1cnccn1. The zero-order chi connectivity index (χ0) is 13.1. The minimum absolute atomic E-state index is 0.209. The standard InChI is InChI=1S/C13H23N3O2/c1-3-5-15-12(4-8-18-10-9-17-2)13-11-14-6-7-16-13/h6-7,11-12,15H,3-5,8-10H2,1-2H3. The number of nitrogens with zero attached hydrogens (tertiary/aromatic N) is 2. The summed E-state index contributed by atoms with van der Waals surface area (Å²) in [5, 5.41) is 3.46. The molecule has 1 aromatic rings. The van der Waals surface area contributed by atoms with Crippen LogP contribution in [0.25, 0.3) is 0 Å². The van der Waals surface area contributed by atoms with Gasteiger partial charge < -0.3 is 14.8 Å². The molecule has 0 saturated heterocycles. The third kappa shape index (κ3) is 6.05. The van der Waals surface area contributed by atoms with Gasteiger partial charge in [-0.05, 0) is 19.4 Å².